The normalized spacial score (nSPS) is 10.4. The van der Waals surface area contributed by atoms with Crippen molar-refractivity contribution >= 4 is 11.3 Å². The molecule has 0 bridgehead atoms. The molecule has 0 aromatic carbocycles. The largest absolute Gasteiger partial charge is 0.504 e. The Morgan fingerprint density at radius 2 is 2.27 bits per heavy atom. The number of fused-ring (bicyclic) bond motifs is 1. The second-order valence-electron chi connectivity index (χ2n) is 2.79. The van der Waals surface area contributed by atoms with Crippen LogP contribution in [0.4, 0.5) is 5.69 Å². The quantitative estimate of drug-likeness (QED) is 0.536. The molecular weight excluding hydrogens is 202 g/mol. The van der Waals surface area contributed by atoms with E-state index >= 15 is 0 Å². The van der Waals surface area contributed by atoms with Gasteiger partial charge >= 0.3 is 11.2 Å². The van der Waals surface area contributed by atoms with Gasteiger partial charge in [-0.15, -0.1) is 0 Å². The van der Waals surface area contributed by atoms with Crippen LogP contribution in [0.2, 0.25) is 0 Å². The van der Waals surface area contributed by atoms with E-state index in [1.165, 1.54) is 18.3 Å². The average molecular weight is 207 g/mol. The van der Waals surface area contributed by atoms with Crippen LogP contribution in [-0.4, -0.2) is 19.4 Å². The number of nitro groups is 1. The van der Waals surface area contributed by atoms with E-state index < -0.39 is 16.2 Å². The van der Waals surface area contributed by atoms with Crippen LogP contribution in [0.15, 0.2) is 29.3 Å². The highest BCUT2D eigenvalue weighted by atomic mass is 16.6. The highest BCUT2D eigenvalue weighted by Gasteiger charge is 2.15. The Hall–Kier alpha value is -2.44. The molecule has 0 aliphatic heterocycles. The summed E-state index contributed by atoms with van der Waals surface area (Å²) in [6.07, 6.45) is 2.13. The lowest BCUT2D eigenvalue weighted by atomic mass is 10.4. The van der Waals surface area contributed by atoms with E-state index in [0.29, 0.717) is 0 Å². The molecule has 0 aliphatic carbocycles. The molecule has 15 heavy (non-hydrogen) atoms. The minimum Gasteiger partial charge on any atom is -0.504 e. The molecule has 0 radical (unpaired) electrons. The highest BCUT2D eigenvalue weighted by Crippen LogP contribution is 2.14. The first-order valence-electron chi connectivity index (χ1n) is 3.95. The third-order valence-corrected chi connectivity index (χ3v) is 1.89. The third kappa shape index (κ3) is 1.30. The second-order valence-corrected chi connectivity index (χ2v) is 2.79. The predicted octanol–water partition coefficient (Wildman–Crippen LogP) is 0.308. The van der Waals surface area contributed by atoms with Gasteiger partial charge in [-0.3, -0.25) is 19.3 Å². The molecule has 2 rings (SSSR count). The van der Waals surface area contributed by atoms with Crippen LogP contribution in [0.3, 0.4) is 0 Å². The Kier molecular flexibility index (Phi) is 1.86. The Bertz CT molecular complexity index is 604. The van der Waals surface area contributed by atoms with Gasteiger partial charge in [0.2, 0.25) is 0 Å². The Morgan fingerprint density at radius 1 is 1.53 bits per heavy atom. The van der Waals surface area contributed by atoms with E-state index in [9.17, 15) is 20.0 Å². The number of hydrogen-bond acceptors (Lipinski definition) is 5. The van der Waals surface area contributed by atoms with Gasteiger partial charge in [0.25, 0.3) is 0 Å². The topological polar surface area (TPSA) is 97.7 Å². The lowest BCUT2D eigenvalue weighted by molar-refractivity contribution is -0.386. The van der Waals surface area contributed by atoms with E-state index in [1.54, 1.807) is 0 Å². The van der Waals surface area contributed by atoms with Crippen LogP contribution in [0.25, 0.3) is 5.65 Å². The van der Waals surface area contributed by atoms with Crippen LogP contribution in [0, 0.1) is 10.1 Å². The maximum Gasteiger partial charge on any atom is 0.352 e. The molecule has 1 N–H and O–H groups in total. The zero-order valence-corrected chi connectivity index (χ0v) is 7.32. The number of pyridine rings is 1. The summed E-state index contributed by atoms with van der Waals surface area (Å²) < 4.78 is 0.924. The van der Waals surface area contributed by atoms with Gasteiger partial charge < -0.3 is 5.11 Å². The molecule has 7 nitrogen and oxygen atoms in total. The fourth-order valence-electron chi connectivity index (χ4n) is 1.21. The van der Waals surface area contributed by atoms with E-state index in [2.05, 4.69) is 4.98 Å². The van der Waals surface area contributed by atoms with Crippen molar-refractivity contribution in [3.05, 3.63) is 45.0 Å². The summed E-state index contributed by atoms with van der Waals surface area (Å²) in [5.74, 6) is -0.204. The van der Waals surface area contributed by atoms with Crippen molar-refractivity contribution in [2.75, 3.05) is 0 Å². The lowest BCUT2D eigenvalue weighted by Gasteiger charge is -2.00. The first-order valence-corrected chi connectivity index (χ1v) is 3.95. The van der Waals surface area contributed by atoms with Crippen molar-refractivity contribution in [2.24, 2.45) is 0 Å². The molecule has 0 saturated carbocycles. The standard InChI is InChI=1S/C8H5N3O4/c12-6-2-1-3-10-7(6)9-4-5(8(10)13)11(14)15/h1-4,12H. The van der Waals surface area contributed by atoms with Crippen molar-refractivity contribution in [1.82, 2.24) is 9.38 Å². The zero-order chi connectivity index (χ0) is 11.0. The lowest BCUT2D eigenvalue weighted by Crippen LogP contribution is -2.17. The summed E-state index contributed by atoms with van der Waals surface area (Å²) in [5, 5.41) is 19.8. The van der Waals surface area contributed by atoms with Crippen molar-refractivity contribution in [1.29, 1.82) is 0 Å². The molecule has 76 valence electrons. The summed E-state index contributed by atoms with van der Waals surface area (Å²) in [6.45, 7) is 0. The van der Waals surface area contributed by atoms with Gasteiger partial charge in [0.15, 0.2) is 11.4 Å². The summed E-state index contributed by atoms with van der Waals surface area (Å²) >= 11 is 0. The molecule has 0 amide bonds. The van der Waals surface area contributed by atoms with Crippen molar-refractivity contribution in [2.45, 2.75) is 0 Å². The second kappa shape index (κ2) is 3.05. The molecule has 0 aliphatic rings. The molecule has 0 fully saturated rings. The van der Waals surface area contributed by atoms with Crippen molar-refractivity contribution in [3.63, 3.8) is 0 Å². The monoisotopic (exact) mass is 207 g/mol. The van der Waals surface area contributed by atoms with Crippen molar-refractivity contribution < 1.29 is 10.0 Å². The molecule has 0 saturated heterocycles. The van der Waals surface area contributed by atoms with Gasteiger partial charge in [0.05, 0.1) is 4.92 Å². The molecule has 0 spiro atoms. The van der Waals surface area contributed by atoms with Gasteiger partial charge in [-0.25, -0.2) is 4.98 Å². The smallest absolute Gasteiger partial charge is 0.352 e. The fourth-order valence-corrected chi connectivity index (χ4v) is 1.21. The fraction of sp³-hybridized carbons (Fsp3) is 0. The molecule has 2 heterocycles. The van der Waals surface area contributed by atoms with Crippen molar-refractivity contribution in [3.8, 4) is 5.75 Å². The molecule has 0 atom stereocenters. The molecule has 2 aromatic rings. The maximum atomic E-state index is 11.5. The first-order chi connectivity index (χ1) is 7.11. The minimum atomic E-state index is -0.819. The van der Waals surface area contributed by atoms with Gasteiger partial charge in [0.1, 0.15) is 6.20 Å². The first kappa shape index (κ1) is 9.13. The summed E-state index contributed by atoms with van der Waals surface area (Å²) in [7, 11) is 0. The average Bonchev–Trinajstić information content (AvgIpc) is 2.19. The van der Waals surface area contributed by atoms with Crippen LogP contribution < -0.4 is 5.56 Å². The maximum absolute atomic E-state index is 11.5. The molecule has 0 unspecified atom stereocenters. The summed E-state index contributed by atoms with van der Waals surface area (Å²) in [4.78, 5) is 24.8. The number of nitrogens with zero attached hydrogens (tertiary/aromatic N) is 3. The summed E-state index contributed by atoms with van der Waals surface area (Å²) in [6, 6.07) is 2.74. The van der Waals surface area contributed by atoms with E-state index in [1.807, 2.05) is 0 Å². The van der Waals surface area contributed by atoms with Crippen LogP contribution >= 0.6 is 0 Å². The highest BCUT2D eigenvalue weighted by molar-refractivity contribution is 5.53. The zero-order valence-electron chi connectivity index (χ0n) is 7.32. The molecule has 2 aromatic heterocycles. The minimum absolute atomic E-state index is 0.00639. The van der Waals surface area contributed by atoms with E-state index in [4.69, 9.17) is 0 Å². The van der Waals surface area contributed by atoms with Crippen LogP contribution in [-0.2, 0) is 0 Å². The number of hydrogen-bond donors (Lipinski definition) is 1. The van der Waals surface area contributed by atoms with Crippen LogP contribution in [0.5, 0.6) is 5.75 Å². The van der Waals surface area contributed by atoms with E-state index in [0.717, 1.165) is 10.6 Å². The molecular formula is C8H5N3O4. The number of rotatable bonds is 1. The van der Waals surface area contributed by atoms with Gasteiger partial charge in [-0.05, 0) is 12.1 Å². The third-order valence-electron chi connectivity index (χ3n) is 1.89. The van der Waals surface area contributed by atoms with Gasteiger partial charge in [0, 0.05) is 6.20 Å². The Labute approximate surface area is 82.4 Å². The van der Waals surface area contributed by atoms with Gasteiger partial charge in [-0.2, -0.15) is 0 Å². The van der Waals surface area contributed by atoms with Gasteiger partial charge in [-0.1, -0.05) is 0 Å². The Morgan fingerprint density at radius 3 is 2.93 bits per heavy atom. The van der Waals surface area contributed by atoms with E-state index in [-0.39, 0.29) is 11.4 Å². The van der Waals surface area contributed by atoms with Crippen LogP contribution in [0.1, 0.15) is 0 Å². The number of aromatic hydroxyl groups is 1. The number of aromatic nitrogens is 2. The summed E-state index contributed by atoms with van der Waals surface area (Å²) in [5.41, 5.74) is -1.45. The predicted molar refractivity (Wildman–Crippen MR) is 49.8 cm³/mol. The SMILES string of the molecule is O=c1c([N+](=O)[O-])cnc2c(O)cccn12. The Balaban J connectivity index is 2.92. The molecule has 7 heteroatoms.